The van der Waals surface area contributed by atoms with Crippen molar-refractivity contribution in [1.82, 2.24) is 0 Å². The Morgan fingerprint density at radius 1 is 0.973 bits per heavy atom. The van der Waals surface area contributed by atoms with Crippen molar-refractivity contribution < 1.29 is 46.2 Å². The number of hydrogen-bond acceptors (Lipinski definition) is 4. The molecule has 0 radical (unpaired) electrons. The zero-order valence-corrected chi connectivity index (χ0v) is 20.1. The third-order valence-corrected chi connectivity index (χ3v) is 6.85. The standard InChI is InChI=1S/C26H26F5NO5/c1-13(2)32(23(34)14-6-4-3-5-7-14)19-11-17-16-10-15(22(33)25(27,28)26(29,30)31)8-9-20(16)37-21(17)12-18(19)24(35)36/h8-14,22,33H,3-7H2,1-2H3,(H,35,36). The van der Waals surface area contributed by atoms with Gasteiger partial charge in [-0.1, -0.05) is 25.3 Å². The fourth-order valence-electron chi connectivity index (χ4n) is 4.93. The topological polar surface area (TPSA) is 91.0 Å². The summed E-state index contributed by atoms with van der Waals surface area (Å²) in [5.74, 6) is -7.23. The molecule has 1 fully saturated rings. The molecule has 0 saturated heterocycles. The summed E-state index contributed by atoms with van der Waals surface area (Å²) in [5.41, 5.74) is -0.711. The Labute approximate surface area is 208 Å². The summed E-state index contributed by atoms with van der Waals surface area (Å²) < 4.78 is 71.7. The summed E-state index contributed by atoms with van der Waals surface area (Å²) in [4.78, 5) is 27.0. The lowest BCUT2D eigenvalue weighted by Gasteiger charge is -2.33. The monoisotopic (exact) mass is 527 g/mol. The molecule has 1 aliphatic carbocycles. The third-order valence-electron chi connectivity index (χ3n) is 6.85. The van der Waals surface area contributed by atoms with Crippen molar-refractivity contribution in [3.05, 3.63) is 41.5 Å². The van der Waals surface area contributed by atoms with Crippen molar-refractivity contribution in [2.24, 2.45) is 5.92 Å². The minimum atomic E-state index is -5.97. The molecule has 1 aliphatic rings. The minimum absolute atomic E-state index is 0.0409. The Morgan fingerprint density at radius 3 is 2.16 bits per heavy atom. The lowest BCUT2D eigenvalue weighted by atomic mass is 9.87. The largest absolute Gasteiger partial charge is 0.478 e. The van der Waals surface area contributed by atoms with Crippen molar-refractivity contribution in [2.45, 2.75) is 70.2 Å². The van der Waals surface area contributed by atoms with Gasteiger partial charge in [0.25, 0.3) is 0 Å². The molecule has 2 aromatic carbocycles. The van der Waals surface area contributed by atoms with E-state index in [2.05, 4.69) is 0 Å². The van der Waals surface area contributed by atoms with E-state index in [9.17, 15) is 41.8 Å². The fourth-order valence-corrected chi connectivity index (χ4v) is 4.93. The average Bonchev–Trinajstić information content (AvgIpc) is 3.19. The van der Waals surface area contributed by atoms with Crippen LogP contribution < -0.4 is 4.90 Å². The van der Waals surface area contributed by atoms with Gasteiger partial charge in [-0.15, -0.1) is 0 Å². The van der Waals surface area contributed by atoms with Crippen molar-refractivity contribution in [3.63, 3.8) is 0 Å². The van der Waals surface area contributed by atoms with Crippen LogP contribution in [0.25, 0.3) is 21.9 Å². The summed E-state index contributed by atoms with van der Waals surface area (Å²) in [6.07, 6.45) is -5.01. The molecule has 1 amide bonds. The number of alkyl halides is 5. The second kappa shape index (κ2) is 9.59. The van der Waals surface area contributed by atoms with E-state index in [-0.39, 0.29) is 45.0 Å². The number of carbonyl (C=O) groups excluding carboxylic acids is 1. The first-order valence-electron chi connectivity index (χ1n) is 11.9. The van der Waals surface area contributed by atoms with Gasteiger partial charge in [0.2, 0.25) is 5.91 Å². The van der Waals surface area contributed by atoms with Gasteiger partial charge >= 0.3 is 18.1 Å². The first-order valence-corrected chi connectivity index (χ1v) is 11.9. The molecule has 200 valence electrons. The van der Waals surface area contributed by atoms with Gasteiger partial charge in [-0.2, -0.15) is 22.0 Å². The molecule has 11 heteroatoms. The number of aliphatic hydroxyl groups is 1. The molecule has 3 aromatic rings. The van der Waals surface area contributed by atoms with Crippen LogP contribution in [0.5, 0.6) is 0 Å². The van der Waals surface area contributed by atoms with Crippen LogP contribution in [-0.2, 0) is 4.79 Å². The van der Waals surface area contributed by atoms with Crippen LogP contribution in [0.3, 0.4) is 0 Å². The summed E-state index contributed by atoms with van der Waals surface area (Å²) in [6.45, 7) is 3.47. The highest BCUT2D eigenvalue weighted by Gasteiger charge is 2.62. The van der Waals surface area contributed by atoms with Gasteiger partial charge in [-0.3, -0.25) is 4.79 Å². The molecule has 1 saturated carbocycles. The van der Waals surface area contributed by atoms with Gasteiger partial charge in [-0.25, -0.2) is 4.79 Å². The quantitative estimate of drug-likeness (QED) is 0.343. The number of anilines is 1. The Bertz CT molecular complexity index is 1340. The molecule has 4 rings (SSSR count). The Morgan fingerprint density at radius 2 is 1.59 bits per heavy atom. The van der Waals surface area contributed by atoms with Crippen LogP contribution >= 0.6 is 0 Å². The highest BCUT2D eigenvalue weighted by molar-refractivity contribution is 6.12. The third kappa shape index (κ3) is 4.76. The van der Waals surface area contributed by atoms with E-state index in [1.807, 2.05) is 0 Å². The van der Waals surface area contributed by atoms with Crippen molar-refractivity contribution in [1.29, 1.82) is 0 Å². The molecule has 6 nitrogen and oxygen atoms in total. The number of carboxylic acids is 1. The lowest BCUT2D eigenvalue weighted by molar-refractivity contribution is -0.315. The van der Waals surface area contributed by atoms with Gasteiger partial charge in [-0.05, 0) is 56.5 Å². The summed E-state index contributed by atoms with van der Waals surface area (Å²) in [6, 6.07) is 5.14. The van der Waals surface area contributed by atoms with E-state index in [4.69, 9.17) is 4.42 Å². The van der Waals surface area contributed by atoms with Gasteiger partial charge < -0.3 is 19.5 Å². The number of carbonyl (C=O) groups is 2. The summed E-state index contributed by atoms with van der Waals surface area (Å²) >= 11 is 0. The SMILES string of the molecule is CC(C)N(C(=O)C1CCCCC1)c1cc2c(cc1C(=O)O)oc1ccc(C(O)C(F)(F)C(F)(F)F)cc12. The number of fused-ring (bicyclic) bond motifs is 3. The van der Waals surface area contributed by atoms with E-state index in [1.165, 1.54) is 17.0 Å². The second-order valence-electron chi connectivity index (χ2n) is 9.69. The highest BCUT2D eigenvalue weighted by atomic mass is 19.4. The number of furan rings is 1. The van der Waals surface area contributed by atoms with Crippen LogP contribution in [0.15, 0.2) is 34.7 Å². The molecule has 0 spiro atoms. The number of aliphatic hydroxyl groups excluding tert-OH is 1. The Hall–Kier alpha value is -3.21. The second-order valence-corrected chi connectivity index (χ2v) is 9.69. The van der Waals surface area contributed by atoms with Gasteiger partial charge in [0.15, 0.2) is 6.10 Å². The van der Waals surface area contributed by atoms with Gasteiger partial charge in [0.05, 0.1) is 11.3 Å². The van der Waals surface area contributed by atoms with E-state index < -0.39 is 35.8 Å². The van der Waals surface area contributed by atoms with E-state index in [0.717, 1.165) is 37.5 Å². The van der Waals surface area contributed by atoms with Gasteiger partial charge in [0, 0.05) is 22.7 Å². The predicted molar refractivity (Wildman–Crippen MR) is 126 cm³/mol. The first-order chi connectivity index (χ1) is 17.2. The van der Waals surface area contributed by atoms with E-state index in [1.54, 1.807) is 13.8 Å². The van der Waals surface area contributed by atoms with Crippen LogP contribution in [-0.4, -0.2) is 40.2 Å². The molecule has 0 aliphatic heterocycles. The van der Waals surface area contributed by atoms with Crippen molar-refractivity contribution in [2.75, 3.05) is 4.90 Å². The highest BCUT2D eigenvalue weighted by Crippen LogP contribution is 2.45. The molecule has 1 atom stereocenters. The van der Waals surface area contributed by atoms with Gasteiger partial charge in [0.1, 0.15) is 11.2 Å². The molecule has 37 heavy (non-hydrogen) atoms. The zero-order chi connectivity index (χ0) is 27.3. The lowest BCUT2D eigenvalue weighted by Crippen LogP contribution is -2.42. The van der Waals surface area contributed by atoms with Crippen LogP contribution in [0.1, 0.15) is 68.0 Å². The number of aromatic carboxylic acids is 1. The molecular formula is C26H26F5NO5. The van der Waals surface area contributed by atoms with Crippen molar-refractivity contribution >= 4 is 39.5 Å². The molecular weight excluding hydrogens is 501 g/mol. The smallest absolute Gasteiger partial charge is 0.456 e. The Balaban J connectivity index is 1.88. The molecule has 1 unspecified atom stereocenters. The normalized spacial score (nSPS) is 16.5. The van der Waals surface area contributed by atoms with Crippen molar-refractivity contribution in [3.8, 4) is 0 Å². The van der Waals surface area contributed by atoms with E-state index in [0.29, 0.717) is 12.8 Å². The van der Waals surface area contributed by atoms with E-state index >= 15 is 0 Å². The van der Waals surface area contributed by atoms with Crippen LogP contribution in [0, 0.1) is 5.92 Å². The number of nitrogens with zero attached hydrogens (tertiary/aromatic N) is 1. The maximum absolute atomic E-state index is 13.8. The predicted octanol–water partition coefficient (Wildman–Crippen LogP) is 6.84. The molecule has 0 bridgehead atoms. The summed E-state index contributed by atoms with van der Waals surface area (Å²) in [5, 5.41) is 20.1. The maximum atomic E-state index is 13.8. The Kier molecular flexibility index (Phi) is 6.96. The number of amides is 1. The fraction of sp³-hybridized carbons (Fsp3) is 0.462. The molecule has 2 N–H and O–H groups in total. The maximum Gasteiger partial charge on any atom is 0.456 e. The number of rotatable bonds is 6. The van der Waals surface area contributed by atoms with Crippen LogP contribution in [0.4, 0.5) is 27.6 Å². The molecule has 1 heterocycles. The zero-order valence-electron chi connectivity index (χ0n) is 20.1. The number of halogens is 5. The minimum Gasteiger partial charge on any atom is -0.478 e. The molecule has 1 aromatic heterocycles. The van der Waals surface area contributed by atoms with Crippen LogP contribution in [0.2, 0.25) is 0 Å². The summed E-state index contributed by atoms with van der Waals surface area (Å²) in [7, 11) is 0. The average molecular weight is 527 g/mol. The number of carboxylic acid groups (broad SMARTS) is 1. The number of benzene rings is 2. The number of hydrogen-bond donors (Lipinski definition) is 2. The first kappa shape index (κ1) is 26.8.